The summed E-state index contributed by atoms with van der Waals surface area (Å²) in [7, 11) is -4.13. The van der Waals surface area contributed by atoms with Gasteiger partial charge in [-0.2, -0.15) is 0 Å². The molecule has 0 aromatic rings. The fraction of sp³-hybridized carbons (Fsp3) is 0.600. The number of hydrogen-bond donors (Lipinski definition) is 0. The second-order valence-corrected chi connectivity index (χ2v) is 26.2. The van der Waals surface area contributed by atoms with Crippen LogP contribution in [0, 0.1) is 0 Å². The second-order valence-electron chi connectivity index (χ2n) is 9.44. The zero-order valence-corrected chi connectivity index (χ0v) is 25.9. The van der Waals surface area contributed by atoms with Crippen LogP contribution in [0.15, 0.2) is 41.3 Å². The van der Waals surface area contributed by atoms with Crippen molar-refractivity contribution in [2.45, 2.75) is 77.8 Å². The van der Waals surface area contributed by atoms with Crippen LogP contribution in [-0.4, -0.2) is 36.2 Å². The molecule has 2 aliphatic rings. The molecule has 2 aliphatic carbocycles. The monoisotopic (exact) mass is 512 g/mol. The summed E-state index contributed by atoms with van der Waals surface area (Å²) >= 11 is -0.652. The van der Waals surface area contributed by atoms with Gasteiger partial charge in [-0.25, -0.2) is 0 Å². The molecule has 150 valence electrons. The average molecular weight is 514 g/mol. The standard InChI is InChI=1S/2C10H19OSi2.Zr/c2*1-9(2)13(3,4)11-12-10-7-5-6-8-10;/h2*5,7,9H,6,12H2,1-4H3;. The van der Waals surface area contributed by atoms with Gasteiger partial charge >= 0.3 is 187 Å². The van der Waals surface area contributed by atoms with Crippen molar-refractivity contribution in [1.29, 1.82) is 0 Å². The number of rotatable bonds is 10. The van der Waals surface area contributed by atoms with Crippen LogP contribution in [-0.2, 0) is 31.5 Å². The van der Waals surface area contributed by atoms with Gasteiger partial charge in [0.15, 0.2) is 0 Å². The van der Waals surface area contributed by atoms with Gasteiger partial charge in [-0.05, 0) is 0 Å². The number of hydrogen-bond acceptors (Lipinski definition) is 2. The maximum absolute atomic E-state index is 6.57. The molecule has 0 aliphatic heterocycles. The van der Waals surface area contributed by atoms with Gasteiger partial charge in [0.2, 0.25) is 0 Å². The molecule has 0 heterocycles. The molecule has 7 heteroatoms. The summed E-state index contributed by atoms with van der Waals surface area (Å²) in [5.74, 6) is 0. The summed E-state index contributed by atoms with van der Waals surface area (Å²) in [6.45, 7) is 18.8. The molecular formula is C20H38O2Si4Zr. The first-order valence-corrected chi connectivity index (χ1v) is 21.3. The Labute approximate surface area is 185 Å². The topological polar surface area (TPSA) is 18.5 Å². The predicted molar refractivity (Wildman–Crippen MR) is 126 cm³/mol. The van der Waals surface area contributed by atoms with Gasteiger partial charge in [0.25, 0.3) is 0 Å². The second kappa shape index (κ2) is 10.1. The van der Waals surface area contributed by atoms with Crippen LogP contribution < -0.4 is 0 Å². The molecule has 0 unspecified atom stereocenters. The van der Waals surface area contributed by atoms with Crippen molar-refractivity contribution in [3.8, 4) is 0 Å². The Balaban J connectivity index is 2.03. The quantitative estimate of drug-likeness (QED) is 0.389. The molecule has 2 rings (SSSR count). The maximum atomic E-state index is 6.57. The van der Waals surface area contributed by atoms with Crippen LogP contribution in [0.3, 0.4) is 0 Å². The molecule has 0 saturated heterocycles. The van der Waals surface area contributed by atoms with E-state index in [1.165, 1.54) is 12.8 Å². The van der Waals surface area contributed by atoms with Crippen molar-refractivity contribution in [2.75, 3.05) is 0 Å². The molecule has 0 N–H and O–H groups in total. The van der Waals surface area contributed by atoms with E-state index in [0.717, 1.165) is 0 Å². The normalized spacial score (nSPS) is 18.9. The van der Waals surface area contributed by atoms with E-state index in [9.17, 15) is 0 Å². The SMILES string of the molecule is CC(C)[Si](C)(C)O[SiH2]C1=[C]([Zr][C]2=C([SiH2]O[Si](C)(C)C(C)C)C=CC2)CC=C1. The fourth-order valence-corrected chi connectivity index (χ4v) is 16.0. The third kappa shape index (κ3) is 6.83. The van der Waals surface area contributed by atoms with Gasteiger partial charge in [-0.1, -0.05) is 0 Å². The van der Waals surface area contributed by atoms with Gasteiger partial charge in [-0.3, -0.25) is 0 Å². The Morgan fingerprint density at radius 3 is 1.48 bits per heavy atom. The molecule has 0 bridgehead atoms. The molecule has 0 aromatic heterocycles. The van der Waals surface area contributed by atoms with Crippen molar-refractivity contribution in [3.05, 3.63) is 41.3 Å². The third-order valence-corrected chi connectivity index (χ3v) is 26.8. The van der Waals surface area contributed by atoms with E-state index in [4.69, 9.17) is 8.23 Å². The van der Waals surface area contributed by atoms with E-state index in [2.05, 4.69) is 78.2 Å². The van der Waals surface area contributed by atoms with Crippen LogP contribution in [0.4, 0.5) is 0 Å². The van der Waals surface area contributed by atoms with Gasteiger partial charge in [0, 0.05) is 0 Å². The first-order valence-electron chi connectivity index (χ1n) is 10.3. The number of allylic oxidation sites excluding steroid dienone is 8. The van der Waals surface area contributed by atoms with Gasteiger partial charge in [0.1, 0.15) is 0 Å². The van der Waals surface area contributed by atoms with Crippen molar-refractivity contribution in [2.24, 2.45) is 0 Å². The predicted octanol–water partition coefficient (Wildman–Crippen LogP) is 4.84. The zero-order chi connectivity index (χ0) is 20.2. The van der Waals surface area contributed by atoms with Crippen LogP contribution >= 0.6 is 0 Å². The van der Waals surface area contributed by atoms with Gasteiger partial charge in [0.05, 0.1) is 0 Å². The summed E-state index contributed by atoms with van der Waals surface area (Å²) in [6, 6.07) is 0. The van der Waals surface area contributed by atoms with E-state index in [0.29, 0.717) is 11.1 Å². The van der Waals surface area contributed by atoms with Crippen LogP contribution in [0.1, 0.15) is 40.5 Å². The molecule has 0 radical (unpaired) electrons. The van der Waals surface area contributed by atoms with Crippen molar-refractivity contribution in [3.63, 3.8) is 0 Å². The zero-order valence-electron chi connectivity index (χ0n) is 18.6. The molecule has 2 nitrogen and oxygen atoms in total. The molecule has 0 fully saturated rings. The fourth-order valence-electron chi connectivity index (χ4n) is 2.68. The van der Waals surface area contributed by atoms with Crippen molar-refractivity contribution >= 4 is 36.2 Å². The Kier molecular flexibility index (Phi) is 8.94. The Hall–Kier alpha value is 0.631. The van der Waals surface area contributed by atoms with E-state index < -0.39 is 59.4 Å². The summed E-state index contributed by atoms with van der Waals surface area (Å²) in [4.78, 5) is 0. The van der Waals surface area contributed by atoms with E-state index in [-0.39, 0.29) is 0 Å². The van der Waals surface area contributed by atoms with Crippen LogP contribution in [0.2, 0.25) is 37.3 Å². The third-order valence-electron chi connectivity index (χ3n) is 6.34. The van der Waals surface area contributed by atoms with Crippen LogP contribution in [0.5, 0.6) is 0 Å². The first kappa shape index (κ1) is 23.9. The molecule has 0 aromatic carbocycles. The molecule has 0 amide bonds. The Morgan fingerprint density at radius 2 is 1.15 bits per heavy atom. The molecule has 0 atom stereocenters. The summed E-state index contributed by atoms with van der Waals surface area (Å²) in [5.41, 5.74) is 1.40. The van der Waals surface area contributed by atoms with E-state index in [1.54, 1.807) is 17.0 Å². The Bertz CT molecular complexity index is 605. The summed E-state index contributed by atoms with van der Waals surface area (Å²) in [6.07, 6.45) is 12.0. The van der Waals surface area contributed by atoms with E-state index >= 15 is 0 Å². The van der Waals surface area contributed by atoms with Gasteiger partial charge in [-0.15, -0.1) is 0 Å². The molecule has 27 heavy (non-hydrogen) atoms. The molecular weight excluding hydrogens is 476 g/mol. The molecule has 0 saturated carbocycles. The minimum atomic E-state index is -1.50. The van der Waals surface area contributed by atoms with Crippen molar-refractivity contribution in [1.82, 2.24) is 0 Å². The van der Waals surface area contributed by atoms with Crippen molar-refractivity contribution < 1.29 is 31.5 Å². The van der Waals surface area contributed by atoms with Crippen LogP contribution in [0.25, 0.3) is 0 Å². The summed E-state index contributed by atoms with van der Waals surface area (Å²) < 4.78 is 16.7. The minimum absolute atomic E-state index is 0.565. The Morgan fingerprint density at radius 1 is 0.778 bits per heavy atom. The first-order chi connectivity index (χ1) is 12.5. The summed E-state index contributed by atoms with van der Waals surface area (Å²) in [5, 5.41) is 3.28. The van der Waals surface area contributed by atoms with E-state index in [1.807, 2.05) is 0 Å². The van der Waals surface area contributed by atoms with Gasteiger partial charge < -0.3 is 0 Å². The molecule has 0 spiro atoms. The average Bonchev–Trinajstić information content (AvgIpc) is 3.20.